The molecule has 0 spiro atoms. The predicted molar refractivity (Wildman–Crippen MR) is 90.7 cm³/mol. The summed E-state index contributed by atoms with van der Waals surface area (Å²) in [6.07, 6.45) is 6.81. The van der Waals surface area contributed by atoms with Crippen LogP contribution in [0.4, 0.5) is 10.5 Å². The molecule has 1 unspecified atom stereocenters. The molecule has 2 heterocycles. The molecule has 0 saturated carbocycles. The Balaban J connectivity index is 2.00. The van der Waals surface area contributed by atoms with Crippen molar-refractivity contribution in [1.82, 2.24) is 9.78 Å². The molecule has 1 aromatic carbocycles. The van der Waals surface area contributed by atoms with Gasteiger partial charge in [-0.05, 0) is 32.9 Å². The number of rotatable bonds is 1. The van der Waals surface area contributed by atoms with Crippen molar-refractivity contribution in [3.8, 4) is 12.3 Å². The molecule has 124 valence electrons. The number of fused-ring (bicyclic) bond motifs is 1. The number of nitrogens with zero attached hydrogens (tertiary/aromatic N) is 3. The lowest BCUT2D eigenvalue weighted by Crippen LogP contribution is -2.27. The first kappa shape index (κ1) is 16.1. The van der Waals surface area contributed by atoms with E-state index in [1.807, 2.05) is 6.07 Å². The summed E-state index contributed by atoms with van der Waals surface area (Å²) >= 11 is 0. The Hall–Kier alpha value is -2.81. The van der Waals surface area contributed by atoms with Crippen LogP contribution >= 0.6 is 0 Å². The highest BCUT2D eigenvalue weighted by molar-refractivity contribution is 6.05. The number of ether oxygens (including phenoxy) is 1. The standard InChI is InChI=1S/C18H19N3O3/c1-5-12-9-16(22)20(11-12)14-7-6-8-15-13(14)10-19-21(15)17(23)24-18(2,3)4/h1,6-8,10,12H,9,11H2,2-4H3. The molecule has 6 heteroatoms. The predicted octanol–water partition coefficient (Wildman–Crippen LogP) is 2.81. The first-order chi connectivity index (χ1) is 11.3. The van der Waals surface area contributed by atoms with Gasteiger partial charge >= 0.3 is 6.09 Å². The number of anilines is 1. The third-order valence-electron chi connectivity index (χ3n) is 3.81. The van der Waals surface area contributed by atoms with Crippen LogP contribution in [0.1, 0.15) is 27.2 Å². The van der Waals surface area contributed by atoms with Crippen molar-refractivity contribution in [2.75, 3.05) is 11.4 Å². The molecule has 1 atom stereocenters. The Morgan fingerprint density at radius 1 is 1.42 bits per heavy atom. The average molecular weight is 325 g/mol. The summed E-state index contributed by atoms with van der Waals surface area (Å²) in [5.74, 6) is 2.53. The number of terminal acetylenes is 1. The SMILES string of the molecule is C#CC1CC(=O)N(c2cccc3c2cnn3C(=O)OC(C)(C)C)C1. The fraction of sp³-hybridized carbons (Fsp3) is 0.389. The molecular weight excluding hydrogens is 306 g/mol. The Kier molecular flexibility index (Phi) is 3.80. The minimum atomic E-state index is -0.613. The first-order valence-electron chi connectivity index (χ1n) is 7.77. The molecule has 0 aliphatic carbocycles. The van der Waals surface area contributed by atoms with Crippen molar-refractivity contribution in [2.24, 2.45) is 5.92 Å². The summed E-state index contributed by atoms with van der Waals surface area (Å²) in [6, 6.07) is 5.39. The van der Waals surface area contributed by atoms with Gasteiger partial charge in [-0.2, -0.15) is 9.78 Å². The monoisotopic (exact) mass is 325 g/mol. The molecule has 1 aliphatic rings. The van der Waals surface area contributed by atoms with E-state index in [4.69, 9.17) is 11.2 Å². The van der Waals surface area contributed by atoms with E-state index in [0.29, 0.717) is 24.2 Å². The van der Waals surface area contributed by atoms with E-state index < -0.39 is 11.7 Å². The Labute approximate surface area is 140 Å². The number of amides is 1. The second-order valence-corrected chi connectivity index (χ2v) is 6.82. The molecule has 1 aromatic heterocycles. The smallest absolute Gasteiger partial charge is 0.435 e. The van der Waals surface area contributed by atoms with Gasteiger partial charge in [-0.1, -0.05) is 6.07 Å². The lowest BCUT2D eigenvalue weighted by molar-refractivity contribution is -0.117. The van der Waals surface area contributed by atoms with Crippen LogP contribution < -0.4 is 4.90 Å². The Morgan fingerprint density at radius 3 is 2.79 bits per heavy atom. The zero-order valence-electron chi connectivity index (χ0n) is 13.9. The van der Waals surface area contributed by atoms with Crippen molar-refractivity contribution >= 4 is 28.6 Å². The van der Waals surface area contributed by atoms with Crippen LogP contribution in [-0.4, -0.2) is 33.9 Å². The van der Waals surface area contributed by atoms with Crippen LogP contribution in [0, 0.1) is 18.3 Å². The van der Waals surface area contributed by atoms with Gasteiger partial charge < -0.3 is 9.64 Å². The van der Waals surface area contributed by atoms with Crippen molar-refractivity contribution < 1.29 is 14.3 Å². The van der Waals surface area contributed by atoms with Crippen molar-refractivity contribution in [3.63, 3.8) is 0 Å². The molecule has 0 N–H and O–H groups in total. The quantitative estimate of drug-likeness (QED) is 0.756. The van der Waals surface area contributed by atoms with Crippen LogP contribution in [0.15, 0.2) is 24.4 Å². The van der Waals surface area contributed by atoms with Crippen LogP contribution in [0.5, 0.6) is 0 Å². The zero-order chi connectivity index (χ0) is 17.5. The third-order valence-corrected chi connectivity index (χ3v) is 3.81. The van der Waals surface area contributed by atoms with E-state index in [9.17, 15) is 9.59 Å². The van der Waals surface area contributed by atoms with Gasteiger partial charge in [0.2, 0.25) is 5.91 Å². The first-order valence-corrected chi connectivity index (χ1v) is 7.77. The number of hydrogen-bond acceptors (Lipinski definition) is 4. The van der Waals surface area contributed by atoms with E-state index in [2.05, 4.69) is 11.0 Å². The van der Waals surface area contributed by atoms with E-state index >= 15 is 0 Å². The number of carbonyl (C=O) groups excluding carboxylic acids is 2. The fourth-order valence-corrected chi connectivity index (χ4v) is 2.77. The molecule has 1 fully saturated rings. The molecule has 1 aliphatic heterocycles. The van der Waals surface area contributed by atoms with E-state index in [-0.39, 0.29) is 11.8 Å². The highest BCUT2D eigenvalue weighted by Gasteiger charge is 2.31. The molecule has 1 amide bonds. The normalized spacial score (nSPS) is 18.0. The van der Waals surface area contributed by atoms with E-state index in [0.717, 1.165) is 5.39 Å². The lowest BCUT2D eigenvalue weighted by Gasteiger charge is -2.19. The maximum Gasteiger partial charge on any atom is 0.435 e. The molecule has 6 nitrogen and oxygen atoms in total. The summed E-state index contributed by atoms with van der Waals surface area (Å²) in [4.78, 5) is 26.2. The van der Waals surface area contributed by atoms with Crippen molar-refractivity contribution in [3.05, 3.63) is 24.4 Å². The fourth-order valence-electron chi connectivity index (χ4n) is 2.77. The summed E-state index contributed by atoms with van der Waals surface area (Å²) in [7, 11) is 0. The number of hydrogen-bond donors (Lipinski definition) is 0. The molecule has 2 aromatic rings. The van der Waals surface area contributed by atoms with Gasteiger partial charge in [0.1, 0.15) is 5.60 Å². The summed E-state index contributed by atoms with van der Waals surface area (Å²) in [5, 5.41) is 4.86. The van der Waals surface area contributed by atoms with Gasteiger partial charge in [-0.25, -0.2) is 4.79 Å². The minimum absolute atomic E-state index is 0.0181. The van der Waals surface area contributed by atoms with E-state index in [1.54, 1.807) is 44.0 Å². The summed E-state index contributed by atoms with van der Waals surface area (Å²) in [6.45, 7) is 5.87. The highest BCUT2D eigenvalue weighted by atomic mass is 16.6. The highest BCUT2D eigenvalue weighted by Crippen LogP contribution is 2.31. The number of benzene rings is 1. The molecule has 24 heavy (non-hydrogen) atoms. The Morgan fingerprint density at radius 2 is 2.17 bits per heavy atom. The Bertz CT molecular complexity index is 854. The van der Waals surface area contributed by atoms with Crippen LogP contribution in [0.3, 0.4) is 0 Å². The molecule has 3 rings (SSSR count). The maximum absolute atomic E-state index is 12.3. The van der Waals surface area contributed by atoms with Crippen LogP contribution in [-0.2, 0) is 9.53 Å². The second kappa shape index (κ2) is 5.68. The maximum atomic E-state index is 12.3. The zero-order valence-corrected chi connectivity index (χ0v) is 13.9. The van der Waals surface area contributed by atoms with E-state index in [1.165, 1.54) is 4.68 Å². The molecule has 0 bridgehead atoms. The summed E-state index contributed by atoms with van der Waals surface area (Å²) in [5.41, 5.74) is 0.696. The average Bonchev–Trinajstić information content (AvgIpc) is 3.08. The largest absolute Gasteiger partial charge is 0.442 e. The van der Waals surface area contributed by atoms with Crippen molar-refractivity contribution in [1.29, 1.82) is 0 Å². The molecular formula is C18H19N3O3. The summed E-state index contributed by atoms with van der Waals surface area (Å²) < 4.78 is 6.58. The lowest BCUT2D eigenvalue weighted by atomic mass is 10.1. The van der Waals surface area contributed by atoms with Crippen molar-refractivity contribution in [2.45, 2.75) is 32.8 Å². The van der Waals surface area contributed by atoms with Gasteiger partial charge in [-0.15, -0.1) is 12.3 Å². The molecule has 0 radical (unpaired) electrons. The minimum Gasteiger partial charge on any atom is -0.442 e. The number of aromatic nitrogens is 2. The van der Waals surface area contributed by atoms with Gasteiger partial charge in [0, 0.05) is 24.3 Å². The molecule has 1 saturated heterocycles. The van der Waals surface area contributed by atoms with Crippen LogP contribution in [0.25, 0.3) is 10.9 Å². The van der Waals surface area contributed by atoms with Gasteiger partial charge in [0.05, 0.1) is 17.4 Å². The van der Waals surface area contributed by atoms with Gasteiger partial charge in [0.15, 0.2) is 0 Å². The second-order valence-electron chi connectivity index (χ2n) is 6.82. The van der Waals surface area contributed by atoms with Crippen LogP contribution in [0.2, 0.25) is 0 Å². The number of carbonyl (C=O) groups is 2. The third kappa shape index (κ3) is 2.85. The topological polar surface area (TPSA) is 64.4 Å². The van der Waals surface area contributed by atoms with Gasteiger partial charge in [-0.3, -0.25) is 4.79 Å². The van der Waals surface area contributed by atoms with Gasteiger partial charge in [0.25, 0.3) is 0 Å².